The second kappa shape index (κ2) is 8.54. The maximum atomic E-state index is 13.9. The molecule has 0 saturated heterocycles. The smallest absolute Gasteiger partial charge is 0.348 e. The van der Waals surface area contributed by atoms with Crippen LogP contribution in [0.2, 0.25) is 0 Å². The summed E-state index contributed by atoms with van der Waals surface area (Å²) in [7, 11) is 0. The average molecular weight is 458 g/mol. The minimum absolute atomic E-state index is 0.00161. The van der Waals surface area contributed by atoms with Gasteiger partial charge >= 0.3 is 6.18 Å². The number of hydrogen-bond acceptors (Lipinski definition) is 3. The van der Waals surface area contributed by atoms with Crippen molar-refractivity contribution in [3.05, 3.63) is 58.9 Å². The number of alkyl halides is 4. The normalized spacial score (nSPS) is 16.3. The van der Waals surface area contributed by atoms with Crippen LogP contribution in [0.15, 0.2) is 36.4 Å². The molecule has 1 unspecified atom stereocenters. The number of amides is 3. The zero-order valence-corrected chi connectivity index (χ0v) is 16.8. The highest BCUT2D eigenvalue weighted by Gasteiger charge is 2.34. The van der Waals surface area contributed by atoms with Gasteiger partial charge in [0.1, 0.15) is 11.7 Å². The maximum absolute atomic E-state index is 13.9. The Morgan fingerprint density at radius 2 is 1.94 bits per heavy atom. The lowest BCUT2D eigenvalue weighted by molar-refractivity contribution is -0.137. The number of anilines is 2. The Morgan fingerprint density at radius 1 is 1.23 bits per heavy atom. The molecular formula is C20H16ClF4N3O3. The highest BCUT2D eigenvalue weighted by Crippen LogP contribution is 2.33. The monoisotopic (exact) mass is 457 g/mol. The van der Waals surface area contributed by atoms with Crippen LogP contribution >= 0.6 is 11.6 Å². The van der Waals surface area contributed by atoms with E-state index in [1.54, 1.807) is 6.92 Å². The molecule has 11 heteroatoms. The molecule has 3 rings (SSSR count). The number of carbonyl (C=O) groups excluding carboxylic acids is 3. The van der Waals surface area contributed by atoms with E-state index in [1.807, 2.05) is 0 Å². The molecule has 164 valence electrons. The Kier molecular flexibility index (Phi) is 6.21. The van der Waals surface area contributed by atoms with Crippen molar-refractivity contribution in [2.75, 3.05) is 22.6 Å². The van der Waals surface area contributed by atoms with E-state index in [4.69, 9.17) is 11.6 Å². The summed E-state index contributed by atoms with van der Waals surface area (Å²) in [6.07, 6.45) is -4.80. The SMILES string of the molecule is CC1CN(C(=O)c2cc(NC(=O)CCl)cc(C(F)(F)F)c2)c2cc(F)ccc2C(=O)N1. The second-order valence-corrected chi connectivity index (χ2v) is 7.20. The first-order valence-electron chi connectivity index (χ1n) is 9.00. The molecule has 0 aliphatic carbocycles. The number of fused-ring (bicyclic) bond motifs is 1. The molecule has 6 nitrogen and oxygen atoms in total. The minimum Gasteiger partial charge on any atom is -0.348 e. The van der Waals surface area contributed by atoms with Gasteiger partial charge in [-0.05, 0) is 43.3 Å². The van der Waals surface area contributed by atoms with Gasteiger partial charge in [-0.1, -0.05) is 0 Å². The molecule has 1 heterocycles. The second-order valence-electron chi connectivity index (χ2n) is 6.93. The molecule has 3 amide bonds. The zero-order chi connectivity index (χ0) is 22.9. The van der Waals surface area contributed by atoms with Crippen LogP contribution in [0.5, 0.6) is 0 Å². The topological polar surface area (TPSA) is 78.5 Å². The van der Waals surface area contributed by atoms with Crippen molar-refractivity contribution in [2.24, 2.45) is 0 Å². The summed E-state index contributed by atoms with van der Waals surface area (Å²) in [5, 5.41) is 4.82. The van der Waals surface area contributed by atoms with Crippen LogP contribution in [-0.4, -0.2) is 36.2 Å². The van der Waals surface area contributed by atoms with E-state index in [-0.39, 0.29) is 23.5 Å². The molecule has 0 bridgehead atoms. The molecule has 0 spiro atoms. The largest absolute Gasteiger partial charge is 0.416 e. The van der Waals surface area contributed by atoms with E-state index >= 15 is 0 Å². The van der Waals surface area contributed by atoms with Crippen LogP contribution in [0.1, 0.15) is 33.2 Å². The third-order valence-electron chi connectivity index (χ3n) is 4.49. The van der Waals surface area contributed by atoms with Crippen LogP contribution in [0, 0.1) is 5.82 Å². The molecule has 0 aromatic heterocycles. The van der Waals surface area contributed by atoms with Gasteiger partial charge < -0.3 is 15.5 Å². The van der Waals surface area contributed by atoms with Crippen LogP contribution in [0.4, 0.5) is 28.9 Å². The average Bonchev–Trinajstić information content (AvgIpc) is 2.81. The molecule has 0 radical (unpaired) electrons. The van der Waals surface area contributed by atoms with Gasteiger partial charge in [0.05, 0.1) is 16.8 Å². The Morgan fingerprint density at radius 3 is 2.58 bits per heavy atom. The zero-order valence-electron chi connectivity index (χ0n) is 16.0. The van der Waals surface area contributed by atoms with E-state index in [2.05, 4.69) is 10.6 Å². The van der Waals surface area contributed by atoms with Gasteiger partial charge in [-0.3, -0.25) is 14.4 Å². The van der Waals surface area contributed by atoms with Crippen LogP contribution in [0.3, 0.4) is 0 Å². The van der Waals surface area contributed by atoms with Gasteiger partial charge in [-0.15, -0.1) is 11.6 Å². The number of rotatable bonds is 3. The van der Waals surface area contributed by atoms with E-state index in [0.29, 0.717) is 12.1 Å². The lowest BCUT2D eigenvalue weighted by Gasteiger charge is -2.25. The van der Waals surface area contributed by atoms with Gasteiger partial charge in [0.15, 0.2) is 0 Å². The summed E-state index contributed by atoms with van der Waals surface area (Å²) in [4.78, 5) is 38.1. The summed E-state index contributed by atoms with van der Waals surface area (Å²) in [6, 6.07) is 5.00. The van der Waals surface area contributed by atoms with Crippen molar-refractivity contribution in [1.29, 1.82) is 0 Å². The number of benzene rings is 2. The molecule has 2 N–H and O–H groups in total. The van der Waals surface area contributed by atoms with Crippen LogP contribution in [-0.2, 0) is 11.0 Å². The third-order valence-corrected chi connectivity index (χ3v) is 4.73. The number of carbonyl (C=O) groups is 3. The lowest BCUT2D eigenvalue weighted by Crippen LogP contribution is -2.41. The summed E-state index contributed by atoms with van der Waals surface area (Å²) in [5.74, 6) is -3.42. The van der Waals surface area contributed by atoms with Crippen molar-refractivity contribution in [3.8, 4) is 0 Å². The molecule has 1 atom stereocenters. The van der Waals surface area contributed by atoms with E-state index in [9.17, 15) is 31.9 Å². The number of hydrogen-bond donors (Lipinski definition) is 2. The molecule has 1 aliphatic heterocycles. The molecule has 0 fully saturated rings. The Labute approximate surface area is 179 Å². The standard InChI is InChI=1S/C20H16ClF4N3O3/c1-10-9-28(16-7-13(22)2-3-15(16)18(30)26-10)19(31)11-4-12(20(23,24)25)6-14(5-11)27-17(29)8-21/h2-7,10H,8-9H2,1H3,(H,26,30)(H,27,29). The van der Waals surface area contributed by atoms with E-state index in [0.717, 1.165) is 23.1 Å². The van der Waals surface area contributed by atoms with Gasteiger partial charge in [0.2, 0.25) is 5.91 Å². The first-order valence-corrected chi connectivity index (χ1v) is 9.53. The predicted molar refractivity (Wildman–Crippen MR) is 106 cm³/mol. The molecule has 31 heavy (non-hydrogen) atoms. The number of halogens is 5. The highest BCUT2D eigenvalue weighted by atomic mass is 35.5. The minimum atomic E-state index is -4.80. The fraction of sp³-hybridized carbons (Fsp3) is 0.250. The van der Waals surface area contributed by atoms with Crippen molar-refractivity contribution in [2.45, 2.75) is 19.1 Å². The van der Waals surface area contributed by atoms with Gasteiger partial charge in [0.25, 0.3) is 11.8 Å². The van der Waals surface area contributed by atoms with Crippen LogP contribution < -0.4 is 15.5 Å². The first kappa shape index (κ1) is 22.5. The molecule has 2 aromatic rings. The molecular weight excluding hydrogens is 442 g/mol. The molecule has 0 saturated carbocycles. The summed E-state index contributed by atoms with van der Waals surface area (Å²) < 4.78 is 54.0. The van der Waals surface area contributed by atoms with Crippen LogP contribution in [0.25, 0.3) is 0 Å². The Hall–Kier alpha value is -3.14. The van der Waals surface area contributed by atoms with Crippen molar-refractivity contribution >= 4 is 40.7 Å². The van der Waals surface area contributed by atoms with Crippen molar-refractivity contribution in [1.82, 2.24) is 5.32 Å². The summed E-state index contributed by atoms with van der Waals surface area (Å²) in [6.45, 7) is 1.49. The highest BCUT2D eigenvalue weighted by molar-refractivity contribution is 6.29. The van der Waals surface area contributed by atoms with E-state index < -0.39 is 52.8 Å². The summed E-state index contributed by atoms with van der Waals surface area (Å²) in [5.41, 5.74) is -1.92. The maximum Gasteiger partial charge on any atom is 0.416 e. The lowest BCUT2D eigenvalue weighted by atomic mass is 10.1. The van der Waals surface area contributed by atoms with E-state index in [1.165, 1.54) is 6.07 Å². The quantitative estimate of drug-likeness (QED) is 0.543. The predicted octanol–water partition coefficient (Wildman–Crippen LogP) is 3.80. The van der Waals surface area contributed by atoms with Crippen molar-refractivity contribution < 1.29 is 31.9 Å². The Bertz CT molecular complexity index is 1060. The number of nitrogens with one attached hydrogen (secondary N) is 2. The molecule has 2 aromatic carbocycles. The van der Waals surface area contributed by atoms with Crippen molar-refractivity contribution in [3.63, 3.8) is 0 Å². The number of nitrogens with zero attached hydrogens (tertiary/aromatic N) is 1. The Balaban J connectivity index is 2.12. The van der Waals surface area contributed by atoms with Gasteiger partial charge in [-0.25, -0.2) is 4.39 Å². The third kappa shape index (κ3) is 4.96. The fourth-order valence-corrected chi connectivity index (χ4v) is 3.24. The first-order chi connectivity index (χ1) is 14.5. The van der Waals surface area contributed by atoms with Gasteiger partial charge in [0, 0.05) is 23.8 Å². The molecule has 1 aliphatic rings. The summed E-state index contributed by atoms with van der Waals surface area (Å²) >= 11 is 5.39. The fourth-order valence-electron chi connectivity index (χ4n) is 3.17. The van der Waals surface area contributed by atoms with Gasteiger partial charge in [-0.2, -0.15) is 13.2 Å².